The van der Waals surface area contributed by atoms with Crippen molar-refractivity contribution in [2.75, 3.05) is 12.0 Å². The number of fused-ring (bicyclic) bond motifs is 1. The van der Waals surface area contributed by atoms with Gasteiger partial charge in [-0.1, -0.05) is 18.4 Å². The van der Waals surface area contributed by atoms with E-state index in [0.29, 0.717) is 12.0 Å². The van der Waals surface area contributed by atoms with Crippen LogP contribution in [0.15, 0.2) is 18.5 Å². The SMILES string of the molecule is CBc1cc(CCS(C)(=O)=O)cn2ncc(C#N)c12. The summed E-state index contributed by atoms with van der Waals surface area (Å²) < 4.78 is 24.1. The van der Waals surface area contributed by atoms with Gasteiger partial charge in [0, 0.05) is 12.5 Å². The van der Waals surface area contributed by atoms with E-state index in [2.05, 4.69) is 11.2 Å². The van der Waals surface area contributed by atoms with Gasteiger partial charge in [0.05, 0.1) is 23.0 Å². The third-order valence-electron chi connectivity index (χ3n) is 3.01. The van der Waals surface area contributed by atoms with Crippen LogP contribution in [-0.2, 0) is 16.3 Å². The van der Waals surface area contributed by atoms with Crippen molar-refractivity contribution in [1.82, 2.24) is 9.61 Å². The molecule has 2 aromatic rings. The number of aromatic nitrogens is 2. The van der Waals surface area contributed by atoms with E-state index in [1.54, 1.807) is 10.7 Å². The number of nitriles is 1. The quantitative estimate of drug-likeness (QED) is 0.730. The van der Waals surface area contributed by atoms with Crippen LogP contribution in [0.2, 0.25) is 6.82 Å². The Kier molecular flexibility index (Phi) is 3.62. The minimum Gasteiger partial charge on any atom is -0.240 e. The van der Waals surface area contributed by atoms with Gasteiger partial charge in [-0.2, -0.15) is 10.4 Å². The monoisotopic (exact) mass is 275 g/mol. The van der Waals surface area contributed by atoms with Gasteiger partial charge in [0.15, 0.2) is 7.28 Å². The topological polar surface area (TPSA) is 75.2 Å². The maximum atomic E-state index is 11.2. The smallest absolute Gasteiger partial charge is 0.157 e. The predicted octanol–water partition coefficient (Wildman–Crippen LogP) is -0.0970. The molecule has 2 rings (SSSR count). The number of nitrogens with zero attached hydrogens (tertiary/aromatic N) is 3. The van der Waals surface area contributed by atoms with Crippen LogP contribution in [-0.4, -0.2) is 37.3 Å². The minimum atomic E-state index is -2.98. The lowest BCUT2D eigenvalue weighted by molar-refractivity contribution is 0.601. The van der Waals surface area contributed by atoms with Crippen molar-refractivity contribution in [3.05, 3.63) is 29.6 Å². The van der Waals surface area contributed by atoms with Crippen LogP contribution in [0.1, 0.15) is 11.1 Å². The zero-order valence-corrected chi connectivity index (χ0v) is 11.7. The summed E-state index contributed by atoms with van der Waals surface area (Å²) in [6.07, 6.45) is 5.02. The Morgan fingerprint density at radius 2 is 2.26 bits per heavy atom. The van der Waals surface area contributed by atoms with E-state index >= 15 is 0 Å². The van der Waals surface area contributed by atoms with Crippen molar-refractivity contribution in [2.24, 2.45) is 0 Å². The Labute approximate surface area is 113 Å². The fourth-order valence-corrected chi connectivity index (χ4v) is 2.66. The highest BCUT2D eigenvalue weighted by Crippen LogP contribution is 2.10. The number of rotatable bonds is 4. The molecule has 0 aromatic carbocycles. The molecule has 0 saturated carbocycles. The summed E-state index contributed by atoms with van der Waals surface area (Å²) in [5.41, 5.74) is 3.29. The van der Waals surface area contributed by atoms with Gasteiger partial charge in [0.25, 0.3) is 0 Å². The van der Waals surface area contributed by atoms with Gasteiger partial charge >= 0.3 is 0 Å². The molecule has 0 N–H and O–H groups in total. The molecule has 19 heavy (non-hydrogen) atoms. The second kappa shape index (κ2) is 5.06. The normalized spacial score (nSPS) is 11.4. The molecule has 0 radical (unpaired) electrons. The summed E-state index contributed by atoms with van der Waals surface area (Å²) in [7, 11) is -2.20. The van der Waals surface area contributed by atoms with Gasteiger partial charge in [-0.3, -0.25) is 0 Å². The van der Waals surface area contributed by atoms with Crippen LogP contribution in [0.4, 0.5) is 0 Å². The van der Waals surface area contributed by atoms with Crippen LogP contribution in [0.25, 0.3) is 5.52 Å². The highest BCUT2D eigenvalue weighted by atomic mass is 32.2. The highest BCUT2D eigenvalue weighted by Gasteiger charge is 2.11. The molecule has 0 fully saturated rings. The van der Waals surface area contributed by atoms with Crippen molar-refractivity contribution in [3.63, 3.8) is 0 Å². The predicted molar refractivity (Wildman–Crippen MR) is 76.0 cm³/mol. The summed E-state index contributed by atoms with van der Waals surface area (Å²) in [5.74, 6) is 0.119. The Hall–Kier alpha value is -1.81. The standard InChI is InChI=1S/C12H14BN3O2S/c1-13-11-5-9(3-4-19(2,17)18)8-16-12(11)10(6-14)7-15-16/h5,7-8,13H,3-4H2,1-2H3. The molecule has 0 spiro atoms. The number of pyridine rings is 1. The molecule has 7 heteroatoms. The molecular weight excluding hydrogens is 261 g/mol. The Bertz CT molecular complexity index is 759. The largest absolute Gasteiger partial charge is 0.240 e. The zero-order chi connectivity index (χ0) is 14.0. The van der Waals surface area contributed by atoms with Crippen molar-refractivity contribution < 1.29 is 8.42 Å². The van der Waals surface area contributed by atoms with Crippen LogP contribution in [0.3, 0.4) is 0 Å². The lowest BCUT2D eigenvalue weighted by Gasteiger charge is -2.06. The fraction of sp³-hybridized carbons (Fsp3) is 0.333. The molecule has 98 valence electrons. The first-order chi connectivity index (χ1) is 8.94. The number of hydrogen-bond donors (Lipinski definition) is 0. The first-order valence-electron chi connectivity index (χ1n) is 6.01. The van der Waals surface area contributed by atoms with Crippen molar-refractivity contribution in [2.45, 2.75) is 13.2 Å². The lowest BCUT2D eigenvalue weighted by atomic mass is 9.72. The minimum absolute atomic E-state index is 0.119. The first-order valence-corrected chi connectivity index (χ1v) is 8.07. The van der Waals surface area contributed by atoms with E-state index in [1.807, 2.05) is 12.9 Å². The first kappa shape index (κ1) is 13.6. The zero-order valence-electron chi connectivity index (χ0n) is 10.9. The van der Waals surface area contributed by atoms with Gasteiger partial charge in [-0.15, -0.1) is 0 Å². The Morgan fingerprint density at radius 1 is 1.53 bits per heavy atom. The molecule has 0 aliphatic rings. The molecular formula is C12H14BN3O2S. The van der Waals surface area contributed by atoms with Gasteiger partial charge in [-0.25, -0.2) is 12.9 Å². The average Bonchev–Trinajstić information content (AvgIpc) is 2.77. The molecule has 0 aliphatic carbocycles. The van der Waals surface area contributed by atoms with Crippen LogP contribution in [0.5, 0.6) is 0 Å². The molecule has 5 nitrogen and oxygen atoms in total. The Balaban J connectivity index is 2.47. The van der Waals surface area contributed by atoms with E-state index in [-0.39, 0.29) is 5.75 Å². The molecule has 2 heterocycles. The summed E-state index contributed by atoms with van der Waals surface area (Å²) in [6, 6.07) is 4.08. The third-order valence-corrected chi connectivity index (χ3v) is 3.96. The van der Waals surface area contributed by atoms with E-state index in [0.717, 1.165) is 23.8 Å². The number of aryl methyl sites for hydroxylation is 1. The van der Waals surface area contributed by atoms with E-state index in [4.69, 9.17) is 5.26 Å². The van der Waals surface area contributed by atoms with E-state index < -0.39 is 9.84 Å². The van der Waals surface area contributed by atoms with Gasteiger partial charge in [0.1, 0.15) is 15.9 Å². The second-order valence-corrected chi connectivity index (χ2v) is 6.83. The van der Waals surface area contributed by atoms with Gasteiger partial charge in [-0.05, 0) is 12.0 Å². The number of sulfone groups is 1. The van der Waals surface area contributed by atoms with E-state index in [1.165, 1.54) is 12.5 Å². The van der Waals surface area contributed by atoms with Crippen LogP contribution >= 0.6 is 0 Å². The second-order valence-electron chi connectivity index (χ2n) is 4.57. The van der Waals surface area contributed by atoms with E-state index in [9.17, 15) is 8.42 Å². The van der Waals surface area contributed by atoms with Crippen LogP contribution < -0.4 is 5.46 Å². The summed E-state index contributed by atoms with van der Waals surface area (Å²) in [5, 5.41) is 13.2. The lowest BCUT2D eigenvalue weighted by Crippen LogP contribution is -2.17. The average molecular weight is 275 g/mol. The van der Waals surface area contributed by atoms with Crippen molar-refractivity contribution >= 4 is 28.1 Å². The summed E-state index contributed by atoms with van der Waals surface area (Å²) in [6.45, 7) is 2.00. The molecule has 0 unspecified atom stereocenters. The third kappa shape index (κ3) is 2.96. The van der Waals surface area contributed by atoms with Crippen molar-refractivity contribution in [1.29, 1.82) is 5.26 Å². The maximum absolute atomic E-state index is 11.2. The molecule has 0 atom stereocenters. The Morgan fingerprint density at radius 3 is 2.84 bits per heavy atom. The highest BCUT2D eigenvalue weighted by molar-refractivity contribution is 7.90. The van der Waals surface area contributed by atoms with Crippen LogP contribution in [0, 0.1) is 11.3 Å². The van der Waals surface area contributed by atoms with Gasteiger partial charge < -0.3 is 0 Å². The maximum Gasteiger partial charge on any atom is 0.157 e. The summed E-state index contributed by atoms with van der Waals surface area (Å²) in [4.78, 5) is 0. The summed E-state index contributed by atoms with van der Waals surface area (Å²) >= 11 is 0. The molecule has 2 aromatic heterocycles. The van der Waals surface area contributed by atoms with Gasteiger partial charge in [0.2, 0.25) is 0 Å². The molecule has 0 saturated heterocycles. The number of hydrogen-bond acceptors (Lipinski definition) is 4. The van der Waals surface area contributed by atoms with Crippen molar-refractivity contribution in [3.8, 4) is 6.07 Å². The fourth-order valence-electron chi connectivity index (χ4n) is 2.06. The molecule has 0 amide bonds. The molecule has 0 bridgehead atoms. The molecule has 0 aliphatic heterocycles.